The van der Waals surface area contributed by atoms with E-state index >= 15 is 0 Å². The first-order valence-corrected chi connectivity index (χ1v) is 9.56. The summed E-state index contributed by atoms with van der Waals surface area (Å²) in [6.07, 6.45) is -0.0329. The van der Waals surface area contributed by atoms with Gasteiger partial charge in [0, 0.05) is 30.9 Å². The van der Waals surface area contributed by atoms with Gasteiger partial charge < -0.3 is 14.2 Å². The highest BCUT2D eigenvalue weighted by molar-refractivity contribution is 6.52. The van der Waals surface area contributed by atoms with Gasteiger partial charge in [-0.25, -0.2) is 4.98 Å². The van der Waals surface area contributed by atoms with E-state index in [4.69, 9.17) is 4.42 Å². The third-order valence-corrected chi connectivity index (χ3v) is 4.78. The SMILES string of the molecule is CCN(CC)c1ccc(-c2nc3c(o2)C(=O)CC(=NCCN(C)C)C3=O)cc1. The number of aliphatic imine (C=N–C) groups is 1. The van der Waals surface area contributed by atoms with Crippen LogP contribution in [0.4, 0.5) is 5.69 Å². The van der Waals surface area contributed by atoms with Crippen LogP contribution in [-0.4, -0.2) is 67.4 Å². The minimum absolute atomic E-state index is 0.0329. The Labute approximate surface area is 165 Å². The van der Waals surface area contributed by atoms with E-state index in [-0.39, 0.29) is 41.0 Å². The van der Waals surface area contributed by atoms with Crippen molar-refractivity contribution in [3.63, 3.8) is 0 Å². The Morgan fingerprint density at radius 2 is 1.79 bits per heavy atom. The molecular formula is C21H26N4O3. The highest BCUT2D eigenvalue weighted by Gasteiger charge is 2.35. The zero-order chi connectivity index (χ0) is 20.3. The number of oxazole rings is 1. The standard InChI is InChI=1S/C21H26N4O3/c1-5-25(6-2)15-9-7-14(8-10-15)21-23-18-19(27)16(22-11-12-24(3)4)13-17(26)20(18)28-21/h7-10H,5-6,11-13H2,1-4H3. The number of ketones is 2. The number of likely N-dealkylation sites (N-methyl/N-ethyl adjacent to an activating group) is 1. The molecule has 7 nitrogen and oxygen atoms in total. The van der Waals surface area contributed by atoms with Gasteiger partial charge in [0.15, 0.2) is 5.69 Å². The second-order valence-electron chi connectivity index (χ2n) is 6.98. The second-order valence-corrected chi connectivity index (χ2v) is 6.98. The van der Waals surface area contributed by atoms with Crippen molar-refractivity contribution >= 4 is 23.0 Å². The molecule has 0 aliphatic heterocycles. The highest BCUT2D eigenvalue weighted by atomic mass is 16.4. The molecule has 148 valence electrons. The summed E-state index contributed by atoms with van der Waals surface area (Å²) in [5, 5.41) is 0. The van der Waals surface area contributed by atoms with E-state index in [9.17, 15) is 9.59 Å². The number of carbonyl (C=O) groups is 2. The molecule has 0 bridgehead atoms. The number of anilines is 1. The molecule has 28 heavy (non-hydrogen) atoms. The van der Waals surface area contributed by atoms with Crippen LogP contribution in [0, 0.1) is 0 Å². The van der Waals surface area contributed by atoms with E-state index in [1.165, 1.54) is 0 Å². The molecule has 1 aliphatic carbocycles. The number of Topliss-reactive ketones (excluding diaryl/α,β-unsaturated/α-hetero) is 2. The number of nitrogens with zero attached hydrogens (tertiary/aromatic N) is 4. The number of hydrogen-bond donors (Lipinski definition) is 0. The molecule has 2 aromatic rings. The number of fused-ring (bicyclic) bond motifs is 1. The molecule has 0 saturated carbocycles. The fourth-order valence-electron chi connectivity index (χ4n) is 3.15. The number of hydrogen-bond acceptors (Lipinski definition) is 7. The van der Waals surface area contributed by atoms with Crippen LogP contribution in [0.5, 0.6) is 0 Å². The molecule has 0 fully saturated rings. The number of carbonyl (C=O) groups excluding carboxylic acids is 2. The lowest BCUT2D eigenvalue weighted by Gasteiger charge is -2.20. The summed E-state index contributed by atoms with van der Waals surface area (Å²) in [6.45, 7) is 7.22. The third kappa shape index (κ3) is 4.04. The highest BCUT2D eigenvalue weighted by Crippen LogP contribution is 2.28. The number of benzene rings is 1. The summed E-state index contributed by atoms with van der Waals surface area (Å²) in [5.74, 6) is -0.244. The van der Waals surface area contributed by atoms with Crippen LogP contribution in [0.1, 0.15) is 41.3 Å². The normalized spacial score (nSPS) is 15.4. The van der Waals surface area contributed by atoms with Gasteiger partial charge in [0.2, 0.25) is 23.2 Å². The van der Waals surface area contributed by atoms with Gasteiger partial charge >= 0.3 is 0 Å². The largest absolute Gasteiger partial charge is 0.432 e. The van der Waals surface area contributed by atoms with Gasteiger partial charge in [-0.1, -0.05) is 0 Å². The Bertz CT molecular complexity index is 893. The molecule has 0 N–H and O–H groups in total. The Morgan fingerprint density at radius 3 is 2.39 bits per heavy atom. The Hall–Kier alpha value is -2.80. The summed E-state index contributed by atoms with van der Waals surface area (Å²) >= 11 is 0. The third-order valence-electron chi connectivity index (χ3n) is 4.78. The molecule has 1 aromatic carbocycles. The Morgan fingerprint density at radius 1 is 1.11 bits per heavy atom. The fourth-order valence-corrected chi connectivity index (χ4v) is 3.15. The molecule has 3 rings (SSSR count). The molecule has 1 aromatic heterocycles. The Balaban J connectivity index is 1.86. The van der Waals surface area contributed by atoms with E-state index in [0.717, 1.165) is 24.3 Å². The summed E-state index contributed by atoms with van der Waals surface area (Å²) in [6, 6.07) is 7.77. The van der Waals surface area contributed by atoms with Gasteiger partial charge in [0.25, 0.3) is 0 Å². The molecule has 0 saturated heterocycles. The van der Waals surface area contributed by atoms with E-state index in [0.29, 0.717) is 13.1 Å². The summed E-state index contributed by atoms with van der Waals surface area (Å²) in [5.41, 5.74) is 2.17. The first kappa shape index (κ1) is 19.9. The smallest absolute Gasteiger partial charge is 0.229 e. The lowest BCUT2D eigenvalue weighted by Crippen LogP contribution is -2.27. The van der Waals surface area contributed by atoms with Crippen LogP contribution >= 0.6 is 0 Å². The maximum Gasteiger partial charge on any atom is 0.229 e. The molecule has 0 unspecified atom stereocenters. The van der Waals surface area contributed by atoms with Crippen molar-refractivity contribution in [2.75, 3.05) is 45.2 Å². The average molecular weight is 382 g/mol. The molecule has 1 aliphatic rings. The first-order valence-electron chi connectivity index (χ1n) is 9.56. The second kappa shape index (κ2) is 8.48. The molecule has 0 amide bonds. The van der Waals surface area contributed by atoms with Crippen LogP contribution in [-0.2, 0) is 0 Å². The monoisotopic (exact) mass is 382 g/mol. The fraction of sp³-hybridized carbons (Fsp3) is 0.429. The van der Waals surface area contributed by atoms with Crippen LogP contribution in [0.2, 0.25) is 0 Å². The summed E-state index contributed by atoms with van der Waals surface area (Å²) < 4.78 is 5.66. The zero-order valence-electron chi connectivity index (χ0n) is 16.9. The topological polar surface area (TPSA) is 79.0 Å². The number of rotatable bonds is 7. The minimum Gasteiger partial charge on any atom is -0.432 e. The lowest BCUT2D eigenvalue weighted by molar-refractivity contribution is 0.0940. The van der Waals surface area contributed by atoms with Crippen LogP contribution in [0.15, 0.2) is 33.7 Å². The zero-order valence-corrected chi connectivity index (χ0v) is 16.9. The van der Waals surface area contributed by atoms with Crippen molar-refractivity contribution in [3.8, 4) is 11.5 Å². The van der Waals surface area contributed by atoms with Gasteiger partial charge in [-0.15, -0.1) is 0 Å². The maximum absolute atomic E-state index is 12.7. The van der Waals surface area contributed by atoms with Gasteiger partial charge in [0.1, 0.15) is 0 Å². The van der Waals surface area contributed by atoms with E-state index in [2.05, 4.69) is 28.7 Å². The summed E-state index contributed by atoms with van der Waals surface area (Å²) in [4.78, 5) is 37.9. The van der Waals surface area contributed by atoms with Gasteiger partial charge in [-0.2, -0.15) is 0 Å². The summed E-state index contributed by atoms with van der Waals surface area (Å²) in [7, 11) is 3.86. The van der Waals surface area contributed by atoms with Crippen molar-refractivity contribution in [1.29, 1.82) is 0 Å². The van der Waals surface area contributed by atoms with Gasteiger partial charge in [0.05, 0.1) is 18.7 Å². The van der Waals surface area contributed by atoms with Crippen molar-refractivity contribution in [2.45, 2.75) is 20.3 Å². The van der Waals surface area contributed by atoms with E-state index in [1.54, 1.807) is 0 Å². The molecule has 1 heterocycles. The van der Waals surface area contributed by atoms with Crippen LogP contribution < -0.4 is 4.90 Å². The lowest BCUT2D eigenvalue weighted by atomic mass is 9.97. The van der Waals surface area contributed by atoms with E-state index in [1.807, 2.05) is 43.3 Å². The average Bonchev–Trinajstić information content (AvgIpc) is 3.13. The first-order chi connectivity index (χ1) is 13.4. The Kier molecular flexibility index (Phi) is 6.04. The van der Waals surface area contributed by atoms with Crippen molar-refractivity contribution in [2.24, 2.45) is 4.99 Å². The minimum atomic E-state index is -0.317. The van der Waals surface area contributed by atoms with E-state index < -0.39 is 0 Å². The van der Waals surface area contributed by atoms with Crippen LogP contribution in [0.3, 0.4) is 0 Å². The molecule has 0 atom stereocenters. The molecular weight excluding hydrogens is 356 g/mol. The predicted molar refractivity (Wildman–Crippen MR) is 110 cm³/mol. The molecule has 7 heteroatoms. The van der Waals surface area contributed by atoms with Gasteiger partial charge in [-0.05, 0) is 52.2 Å². The van der Waals surface area contributed by atoms with Crippen molar-refractivity contribution in [3.05, 3.63) is 35.7 Å². The van der Waals surface area contributed by atoms with Crippen LogP contribution in [0.25, 0.3) is 11.5 Å². The predicted octanol–water partition coefficient (Wildman–Crippen LogP) is 2.96. The maximum atomic E-state index is 12.7. The molecule has 0 radical (unpaired) electrons. The van der Waals surface area contributed by atoms with Crippen molar-refractivity contribution in [1.82, 2.24) is 9.88 Å². The quantitative estimate of drug-likeness (QED) is 0.733. The molecule has 0 spiro atoms. The van der Waals surface area contributed by atoms with Crippen molar-refractivity contribution < 1.29 is 14.0 Å². The van der Waals surface area contributed by atoms with Gasteiger partial charge in [-0.3, -0.25) is 14.6 Å². The number of aromatic nitrogens is 1.